The highest BCUT2D eigenvalue weighted by Gasteiger charge is 2.17. The van der Waals surface area contributed by atoms with Crippen molar-refractivity contribution >= 4 is 17.6 Å². The van der Waals surface area contributed by atoms with Crippen molar-refractivity contribution in [2.24, 2.45) is 0 Å². The Morgan fingerprint density at radius 2 is 2.08 bits per heavy atom. The van der Waals surface area contributed by atoms with Crippen molar-refractivity contribution in [3.63, 3.8) is 0 Å². The van der Waals surface area contributed by atoms with Gasteiger partial charge in [0.15, 0.2) is 0 Å². The SMILES string of the molecule is Cc1cccc(NC(=O)OC(C)C)c1COc1cccnc1[N+](=O)[O-]. The van der Waals surface area contributed by atoms with Gasteiger partial charge in [-0.1, -0.05) is 12.1 Å². The van der Waals surface area contributed by atoms with Gasteiger partial charge < -0.3 is 19.6 Å². The summed E-state index contributed by atoms with van der Waals surface area (Å²) < 4.78 is 10.6. The van der Waals surface area contributed by atoms with E-state index in [2.05, 4.69) is 10.3 Å². The second-order valence-electron chi connectivity index (χ2n) is 5.55. The van der Waals surface area contributed by atoms with Crippen molar-refractivity contribution in [1.29, 1.82) is 0 Å². The average molecular weight is 345 g/mol. The normalized spacial score (nSPS) is 10.4. The quantitative estimate of drug-likeness (QED) is 0.630. The molecule has 1 amide bonds. The Labute approximate surface area is 144 Å². The van der Waals surface area contributed by atoms with Gasteiger partial charge in [0.25, 0.3) is 0 Å². The summed E-state index contributed by atoms with van der Waals surface area (Å²) in [6.07, 6.45) is 0.505. The maximum Gasteiger partial charge on any atom is 0.411 e. The number of aromatic nitrogens is 1. The lowest BCUT2D eigenvalue weighted by Crippen LogP contribution is -2.19. The molecule has 1 aromatic carbocycles. The molecule has 132 valence electrons. The van der Waals surface area contributed by atoms with Gasteiger partial charge in [-0.2, -0.15) is 0 Å². The number of amides is 1. The number of carbonyl (C=O) groups is 1. The first kappa shape index (κ1) is 18.2. The summed E-state index contributed by atoms with van der Waals surface area (Å²) in [7, 11) is 0. The first-order valence-electron chi connectivity index (χ1n) is 7.66. The molecule has 0 bridgehead atoms. The highest BCUT2D eigenvalue weighted by Crippen LogP contribution is 2.27. The molecule has 0 unspecified atom stereocenters. The third kappa shape index (κ3) is 4.90. The van der Waals surface area contributed by atoms with E-state index in [4.69, 9.17) is 9.47 Å². The van der Waals surface area contributed by atoms with Gasteiger partial charge in [-0.15, -0.1) is 0 Å². The molecule has 0 spiro atoms. The number of nitrogens with one attached hydrogen (secondary N) is 1. The van der Waals surface area contributed by atoms with E-state index in [-0.39, 0.29) is 24.3 Å². The Hall–Kier alpha value is -3.16. The van der Waals surface area contributed by atoms with Gasteiger partial charge in [0.05, 0.1) is 11.8 Å². The molecule has 0 radical (unpaired) electrons. The summed E-state index contributed by atoms with van der Waals surface area (Å²) >= 11 is 0. The first-order chi connectivity index (χ1) is 11.9. The molecule has 1 N–H and O–H groups in total. The van der Waals surface area contributed by atoms with Crippen LogP contribution in [0.1, 0.15) is 25.0 Å². The maximum absolute atomic E-state index is 11.8. The van der Waals surface area contributed by atoms with Crippen molar-refractivity contribution in [1.82, 2.24) is 4.98 Å². The minimum Gasteiger partial charge on any atom is -0.481 e. The summed E-state index contributed by atoms with van der Waals surface area (Å²) in [5.74, 6) is -0.295. The number of hydrogen-bond acceptors (Lipinski definition) is 6. The Balaban J connectivity index is 2.20. The lowest BCUT2D eigenvalue weighted by molar-refractivity contribution is -0.390. The number of benzene rings is 1. The predicted molar refractivity (Wildman–Crippen MR) is 91.6 cm³/mol. The summed E-state index contributed by atoms with van der Waals surface area (Å²) in [6.45, 7) is 5.40. The number of anilines is 1. The molecular weight excluding hydrogens is 326 g/mol. The minimum absolute atomic E-state index is 0.0382. The van der Waals surface area contributed by atoms with Crippen LogP contribution in [0, 0.1) is 17.0 Å². The Morgan fingerprint density at radius 3 is 2.76 bits per heavy atom. The maximum atomic E-state index is 11.8. The number of hydrogen-bond donors (Lipinski definition) is 1. The smallest absolute Gasteiger partial charge is 0.411 e. The number of rotatable bonds is 6. The van der Waals surface area contributed by atoms with Crippen molar-refractivity contribution in [3.8, 4) is 5.75 Å². The molecule has 8 nitrogen and oxygen atoms in total. The van der Waals surface area contributed by atoms with Gasteiger partial charge >= 0.3 is 11.9 Å². The second kappa shape index (κ2) is 8.09. The average Bonchev–Trinajstić information content (AvgIpc) is 2.53. The molecule has 2 aromatic rings. The molecule has 0 atom stereocenters. The lowest BCUT2D eigenvalue weighted by atomic mass is 10.1. The van der Waals surface area contributed by atoms with Crippen LogP contribution in [0.4, 0.5) is 16.3 Å². The van der Waals surface area contributed by atoms with E-state index in [9.17, 15) is 14.9 Å². The summed E-state index contributed by atoms with van der Waals surface area (Å²) in [4.78, 5) is 25.9. The van der Waals surface area contributed by atoms with Crippen molar-refractivity contribution < 1.29 is 19.2 Å². The van der Waals surface area contributed by atoms with Crippen LogP contribution < -0.4 is 10.1 Å². The fraction of sp³-hybridized carbons (Fsp3) is 0.294. The molecule has 0 aliphatic rings. The van der Waals surface area contributed by atoms with Gasteiger partial charge in [0.1, 0.15) is 12.8 Å². The Bertz CT molecular complexity index is 777. The number of nitrogens with zero attached hydrogens (tertiary/aromatic N) is 2. The van der Waals surface area contributed by atoms with E-state index in [1.807, 2.05) is 13.0 Å². The number of ether oxygens (including phenoxy) is 2. The fourth-order valence-corrected chi connectivity index (χ4v) is 2.15. The van der Waals surface area contributed by atoms with Crippen LogP contribution in [0.15, 0.2) is 36.5 Å². The van der Waals surface area contributed by atoms with Gasteiger partial charge in [0, 0.05) is 5.56 Å². The number of pyridine rings is 1. The zero-order valence-corrected chi connectivity index (χ0v) is 14.2. The van der Waals surface area contributed by atoms with Crippen LogP contribution in [-0.4, -0.2) is 22.1 Å². The molecule has 25 heavy (non-hydrogen) atoms. The van der Waals surface area contributed by atoms with Gasteiger partial charge in [-0.25, -0.2) is 4.79 Å². The fourth-order valence-electron chi connectivity index (χ4n) is 2.15. The molecule has 0 saturated carbocycles. The number of aryl methyl sites for hydroxylation is 1. The molecule has 0 aliphatic heterocycles. The molecular formula is C17H19N3O5. The molecule has 1 aromatic heterocycles. The van der Waals surface area contributed by atoms with E-state index in [1.54, 1.807) is 32.0 Å². The molecule has 2 rings (SSSR count). The van der Waals surface area contributed by atoms with Crippen LogP contribution in [0.5, 0.6) is 5.75 Å². The van der Waals surface area contributed by atoms with Crippen LogP contribution in [0.25, 0.3) is 0 Å². The van der Waals surface area contributed by atoms with Gasteiger partial charge in [0.2, 0.25) is 5.75 Å². The molecule has 8 heteroatoms. The van der Waals surface area contributed by atoms with E-state index < -0.39 is 11.0 Å². The van der Waals surface area contributed by atoms with E-state index in [0.717, 1.165) is 5.56 Å². The van der Waals surface area contributed by atoms with Gasteiger partial charge in [-0.3, -0.25) is 5.32 Å². The zero-order chi connectivity index (χ0) is 18.4. The van der Waals surface area contributed by atoms with Gasteiger partial charge in [-0.05, 0) is 54.4 Å². The van der Waals surface area contributed by atoms with Crippen LogP contribution in [0.3, 0.4) is 0 Å². The second-order valence-corrected chi connectivity index (χ2v) is 5.55. The lowest BCUT2D eigenvalue weighted by Gasteiger charge is -2.15. The minimum atomic E-state index is -0.605. The zero-order valence-electron chi connectivity index (χ0n) is 14.2. The van der Waals surface area contributed by atoms with E-state index in [0.29, 0.717) is 11.3 Å². The molecule has 0 aliphatic carbocycles. The third-order valence-electron chi connectivity index (χ3n) is 3.29. The Morgan fingerprint density at radius 1 is 1.32 bits per heavy atom. The van der Waals surface area contributed by atoms with E-state index in [1.165, 1.54) is 12.3 Å². The third-order valence-corrected chi connectivity index (χ3v) is 3.29. The summed E-state index contributed by atoms with van der Waals surface area (Å²) in [5, 5.41) is 13.7. The standard InChI is InChI=1S/C17H19N3O5/c1-11(2)25-17(21)19-14-7-4-6-12(3)13(14)10-24-15-8-5-9-18-16(15)20(22)23/h4-9,11H,10H2,1-3H3,(H,19,21). The highest BCUT2D eigenvalue weighted by atomic mass is 16.6. The van der Waals surface area contributed by atoms with Crippen LogP contribution >= 0.6 is 0 Å². The monoisotopic (exact) mass is 345 g/mol. The highest BCUT2D eigenvalue weighted by molar-refractivity contribution is 5.86. The predicted octanol–water partition coefficient (Wildman–Crippen LogP) is 3.83. The number of nitro groups is 1. The van der Waals surface area contributed by atoms with Crippen molar-refractivity contribution in [2.45, 2.75) is 33.5 Å². The Kier molecular flexibility index (Phi) is 5.89. The van der Waals surface area contributed by atoms with Crippen molar-refractivity contribution in [3.05, 3.63) is 57.8 Å². The number of carbonyl (C=O) groups excluding carboxylic acids is 1. The van der Waals surface area contributed by atoms with Crippen LogP contribution in [-0.2, 0) is 11.3 Å². The summed E-state index contributed by atoms with van der Waals surface area (Å²) in [6, 6.07) is 8.39. The molecule has 1 heterocycles. The van der Waals surface area contributed by atoms with Crippen LogP contribution in [0.2, 0.25) is 0 Å². The molecule has 0 saturated heterocycles. The molecule has 0 fully saturated rings. The van der Waals surface area contributed by atoms with Crippen molar-refractivity contribution in [2.75, 3.05) is 5.32 Å². The first-order valence-corrected chi connectivity index (χ1v) is 7.66. The largest absolute Gasteiger partial charge is 0.481 e. The topological polar surface area (TPSA) is 104 Å². The summed E-state index contributed by atoms with van der Waals surface area (Å²) in [5.41, 5.74) is 2.09. The van der Waals surface area contributed by atoms with E-state index >= 15 is 0 Å².